The standard InChI is InChI=1S/C13H19N5O/c1-8(2)7-19-13-11(14)5-6-12(16-13)18-10(4)15-9(3)17-18/h5-6,8H,7,14H2,1-4H3. The maximum absolute atomic E-state index is 5.86. The maximum Gasteiger partial charge on any atom is 0.239 e. The van der Waals surface area contributed by atoms with E-state index in [2.05, 4.69) is 28.9 Å². The van der Waals surface area contributed by atoms with E-state index in [1.165, 1.54) is 0 Å². The molecule has 0 aliphatic carbocycles. The summed E-state index contributed by atoms with van der Waals surface area (Å²) < 4.78 is 7.29. The van der Waals surface area contributed by atoms with Crippen LogP contribution in [0.2, 0.25) is 0 Å². The van der Waals surface area contributed by atoms with Gasteiger partial charge in [0, 0.05) is 0 Å². The zero-order valence-corrected chi connectivity index (χ0v) is 11.7. The summed E-state index contributed by atoms with van der Waals surface area (Å²) in [6.45, 7) is 8.45. The molecule has 0 atom stereocenters. The highest BCUT2D eigenvalue weighted by atomic mass is 16.5. The molecular formula is C13H19N5O. The molecule has 0 aliphatic rings. The van der Waals surface area contributed by atoms with E-state index in [9.17, 15) is 0 Å². The van der Waals surface area contributed by atoms with E-state index in [-0.39, 0.29) is 0 Å². The highest BCUT2D eigenvalue weighted by molar-refractivity contribution is 5.50. The molecule has 0 aliphatic heterocycles. The normalized spacial score (nSPS) is 11.0. The smallest absolute Gasteiger partial charge is 0.239 e. The molecule has 0 fully saturated rings. The maximum atomic E-state index is 5.86. The number of aromatic nitrogens is 4. The van der Waals surface area contributed by atoms with Crippen LogP contribution in [0, 0.1) is 19.8 Å². The van der Waals surface area contributed by atoms with Crippen molar-refractivity contribution in [1.29, 1.82) is 0 Å². The average molecular weight is 261 g/mol. The molecule has 6 heteroatoms. The van der Waals surface area contributed by atoms with Gasteiger partial charge in [-0.2, -0.15) is 9.67 Å². The first-order chi connectivity index (χ1) is 8.97. The summed E-state index contributed by atoms with van der Waals surface area (Å²) in [6.07, 6.45) is 0. The molecule has 0 amide bonds. The fourth-order valence-corrected chi connectivity index (χ4v) is 1.66. The lowest BCUT2D eigenvalue weighted by molar-refractivity contribution is 0.262. The van der Waals surface area contributed by atoms with Gasteiger partial charge in [-0.15, -0.1) is 5.10 Å². The lowest BCUT2D eigenvalue weighted by atomic mass is 10.2. The lowest BCUT2D eigenvalue weighted by Gasteiger charge is -2.11. The van der Waals surface area contributed by atoms with Crippen LogP contribution < -0.4 is 10.5 Å². The van der Waals surface area contributed by atoms with Crippen LogP contribution in [0.1, 0.15) is 25.5 Å². The first-order valence-corrected chi connectivity index (χ1v) is 6.27. The van der Waals surface area contributed by atoms with Crippen molar-refractivity contribution in [3.8, 4) is 11.7 Å². The number of ether oxygens (including phenoxy) is 1. The Morgan fingerprint density at radius 2 is 2.00 bits per heavy atom. The third kappa shape index (κ3) is 3.01. The van der Waals surface area contributed by atoms with Crippen LogP contribution in [-0.2, 0) is 0 Å². The van der Waals surface area contributed by atoms with Crippen molar-refractivity contribution in [3.63, 3.8) is 0 Å². The fourth-order valence-electron chi connectivity index (χ4n) is 1.66. The van der Waals surface area contributed by atoms with E-state index in [0.717, 1.165) is 5.82 Å². The van der Waals surface area contributed by atoms with Crippen LogP contribution in [0.3, 0.4) is 0 Å². The summed E-state index contributed by atoms with van der Waals surface area (Å²) in [6, 6.07) is 3.58. The number of nitrogens with two attached hydrogens (primary N) is 1. The van der Waals surface area contributed by atoms with Crippen molar-refractivity contribution in [2.75, 3.05) is 12.3 Å². The lowest BCUT2D eigenvalue weighted by Crippen LogP contribution is -2.10. The molecule has 6 nitrogen and oxygen atoms in total. The Bertz CT molecular complexity index is 576. The van der Waals surface area contributed by atoms with Gasteiger partial charge in [0.15, 0.2) is 5.82 Å². The molecule has 0 aromatic carbocycles. The Balaban J connectivity index is 2.32. The number of hydrogen-bond donors (Lipinski definition) is 1. The molecule has 2 N–H and O–H groups in total. The number of hydrogen-bond acceptors (Lipinski definition) is 5. The van der Waals surface area contributed by atoms with Crippen LogP contribution in [0.15, 0.2) is 12.1 Å². The number of rotatable bonds is 4. The largest absolute Gasteiger partial charge is 0.476 e. The van der Waals surface area contributed by atoms with Gasteiger partial charge >= 0.3 is 0 Å². The van der Waals surface area contributed by atoms with Crippen molar-refractivity contribution < 1.29 is 4.74 Å². The van der Waals surface area contributed by atoms with Gasteiger partial charge in [0.1, 0.15) is 11.6 Å². The SMILES string of the molecule is Cc1nc(C)n(-c2ccc(N)c(OCC(C)C)n2)n1. The molecule has 2 rings (SSSR count). The summed E-state index contributed by atoms with van der Waals surface area (Å²) in [7, 11) is 0. The number of anilines is 1. The van der Waals surface area contributed by atoms with Gasteiger partial charge < -0.3 is 10.5 Å². The van der Waals surface area contributed by atoms with Gasteiger partial charge in [-0.1, -0.05) is 13.8 Å². The molecule has 19 heavy (non-hydrogen) atoms. The van der Waals surface area contributed by atoms with E-state index < -0.39 is 0 Å². The van der Waals surface area contributed by atoms with E-state index in [1.807, 2.05) is 13.8 Å². The Morgan fingerprint density at radius 3 is 2.58 bits per heavy atom. The Morgan fingerprint density at radius 1 is 1.26 bits per heavy atom. The van der Waals surface area contributed by atoms with Crippen molar-refractivity contribution in [3.05, 3.63) is 23.8 Å². The van der Waals surface area contributed by atoms with E-state index in [1.54, 1.807) is 16.8 Å². The van der Waals surface area contributed by atoms with Gasteiger partial charge in [-0.3, -0.25) is 0 Å². The Kier molecular flexibility index (Phi) is 3.69. The van der Waals surface area contributed by atoms with Crippen LogP contribution in [0.4, 0.5) is 5.69 Å². The third-order valence-electron chi connectivity index (χ3n) is 2.52. The second-order valence-electron chi connectivity index (χ2n) is 4.89. The monoisotopic (exact) mass is 261 g/mol. The topological polar surface area (TPSA) is 78.9 Å². The van der Waals surface area contributed by atoms with E-state index >= 15 is 0 Å². The van der Waals surface area contributed by atoms with Crippen LogP contribution >= 0.6 is 0 Å². The molecule has 0 radical (unpaired) electrons. The third-order valence-corrected chi connectivity index (χ3v) is 2.52. The van der Waals surface area contributed by atoms with Gasteiger partial charge in [0.05, 0.1) is 12.3 Å². The molecule has 2 aromatic rings. The number of pyridine rings is 1. The van der Waals surface area contributed by atoms with Crippen LogP contribution in [0.5, 0.6) is 5.88 Å². The molecule has 2 aromatic heterocycles. The Labute approximate surface area is 112 Å². The summed E-state index contributed by atoms with van der Waals surface area (Å²) in [4.78, 5) is 8.66. The van der Waals surface area contributed by atoms with Crippen molar-refractivity contribution >= 4 is 5.69 Å². The van der Waals surface area contributed by atoms with Crippen LogP contribution in [-0.4, -0.2) is 26.4 Å². The quantitative estimate of drug-likeness (QED) is 0.909. The summed E-state index contributed by atoms with van der Waals surface area (Å²) >= 11 is 0. The summed E-state index contributed by atoms with van der Waals surface area (Å²) in [5.41, 5.74) is 6.39. The molecule has 0 saturated carbocycles. The van der Waals surface area contributed by atoms with E-state index in [4.69, 9.17) is 10.5 Å². The summed E-state index contributed by atoms with van der Waals surface area (Å²) in [5, 5.41) is 4.29. The second-order valence-corrected chi connectivity index (χ2v) is 4.89. The molecule has 0 unspecified atom stereocenters. The molecule has 2 heterocycles. The summed E-state index contributed by atoms with van der Waals surface area (Å²) in [5.74, 6) is 3.01. The zero-order valence-electron chi connectivity index (χ0n) is 11.7. The minimum Gasteiger partial charge on any atom is -0.476 e. The first kappa shape index (κ1) is 13.3. The highest BCUT2D eigenvalue weighted by Gasteiger charge is 2.10. The fraction of sp³-hybridized carbons (Fsp3) is 0.462. The average Bonchev–Trinajstić information content (AvgIpc) is 2.67. The van der Waals surface area contributed by atoms with Gasteiger partial charge in [0.25, 0.3) is 0 Å². The van der Waals surface area contributed by atoms with Gasteiger partial charge in [-0.25, -0.2) is 4.98 Å². The predicted molar refractivity (Wildman–Crippen MR) is 73.4 cm³/mol. The molecule has 0 saturated heterocycles. The minimum absolute atomic E-state index is 0.417. The first-order valence-electron chi connectivity index (χ1n) is 6.27. The van der Waals surface area contributed by atoms with E-state index in [0.29, 0.717) is 35.7 Å². The van der Waals surface area contributed by atoms with Crippen molar-refractivity contribution in [2.24, 2.45) is 5.92 Å². The highest BCUT2D eigenvalue weighted by Crippen LogP contribution is 2.21. The minimum atomic E-state index is 0.417. The number of nitrogens with zero attached hydrogens (tertiary/aromatic N) is 4. The van der Waals surface area contributed by atoms with Crippen molar-refractivity contribution in [2.45, 2.75) is 27.7 Å². The number of nitrogen functional groups attached to an aromatic ring is 1. The second kappa shape index (κ2) is 5.26. The molecule has 0 spiro atoms. The van der Waals surface area contributed by atoms with Gasteiger partial charge in [-0.05, 0) is 31.9 Å². The van der Waals surface area contributed by atoms with Crippen LogP contribution in [0.25, 0.3) is 5.82 Å². The molecule has 102 valence electrons. The predicted octanol–water partition coefficient (Wildman–Crippen LogP) is 1.90. The zero-order chi connectivity index (χ0) is 14.0. The Hall–Kier alpha value is -2.11. The number of aryl methyl sites for hydroxylation is 2. The molecule has 0 bridgehead atoms. The van der Waals surface area contributed by atoms with Crippen molar-refractivity contribution in [1.82, 2.24) is 19.7 Å². The molecular weight excluding hydrogens is 242 g/mol. The van der Waals surface area contributed by atoms with Gasteiger partial charge in [0.2, 0.25) is 5.88 Å².